The van der Waals surface area contributed by atoms with Gasteiger partial charge in [-0.2, -0.15) is 0 Å². The van der Waals surface area contributed by atoms with Gasteiger partial charge in [0.2, 0.25) is 5.91 Å². The van der Waals surface area contributed by atoms with Gasteiger partial charge in [-0.1, -0.05) is 25.8 Å². The highest BCUT2D eigenvalue weighted by atomic mass is 16.4. The molecule has 2 unspecified atom stereocenters. The molecule has 1 amide bonds. The van der Waals surface area contributed by atoms with E-state index in [1.54, 1.807) is 20.8 Å². The van der Waals surface area contributed by atoms with E-state index in [0.717, 1.165) is 10.5 Å². The minimum Gasteiger partial charge on any atom is -0.481 e. The van der Waals surface area contributed by atoms with Crippen LogP contribution in [-0.2, 0) is 14.4 Å². The Balaban J connectivity index is 5.34. The molecule has 0 aromatic rings. The SMILES string of the molecule is CCC(C)C(C(=O)O)N(CCC(=O)O)C(=O)C=C(C)C. The fraction of sp³-hybridized carbons (Fsp3) is 0.643. The van der Waals surface area contributed by atoms with Gasteiger partial charge in [0, 0.05) is 12.6 Å². The van der Waals surface area contributed by atoms with Gasteiger partial charge in [0.1, 0.15) is 6.04 Å². The summed E-state index contributed by atoms with van der Waals surface area (Å²) >= 11 is 0. The number of hydrogen-bond acceptors (Lipinski definition) is 3. The number of nitrogens with zero attached hydrogens (tertiary/aromatic N) is 1. The average Bonchev–Trinajstić information content (AvgIpc) is 2.31. The molecule has 0 bridgehead atoms. The first-order valence-corrected chi connectivity index (χ1v) is 6.60. The Labute approximate surface area is 119 Å². The monoisotopic (exact) mass is 285 g/mol. The van der Waals surface area contributed by atoms with Crippen molar-refractivity contribution in [1.82, 2.24) is 4.90 Å². The lowest BCUT2D eigenvalue weighted by Gasteiger charge is -2.31. The predicted molar refractivity (Wildman–Crippen MR) is 74.3 cm³/mol. The molecule has 0 aromatic carbocycles. The Bertz CT molecular complexity index is 398. The normalized spacial score (nSPS) is 13.2. The third kappa shape index (κ3) is 5.86. The van der Waals surface area contributed by atoms with E-state index < -0.39 is 23.9 Å². The molecule has 0 spiro atoms. The van der Waals surface area contributed by atoms with Crippen LogP contribution in [0.1, 0.15) is 40.5 Å². The quantitative estimate of drug-likeness (QED) is 0.662. The first-order valence-electron chi connectivity index (χ1n) is 6.60. The van der Waals surface area contributed by atoms with Gasteiger partial charge >= 0.3 is 11.9 Å². The summed E-state index contributed by atoms with van der Waals surface area (Å²) in [6.45, 7) is 6.92. The van der Waals surface area contributed by atoms with E-state index in [1.165, 1.54) is 6.08 Å². The van der Waals surface area contributed by atoms with E-state index in [-0.39, 0.29) is 18.9 Å². The molecule has 20 heavy (non-hydrogen) atoms. The first-order chi connectivity index (χ1) is 9.20. The molecule has 6 heteroatoms. The number of rotatable bonds is 8. The Kier molecular flexibility index (Phi) is 7.57. The molecular formula is C14H23NO5. The van der Waals surface area contributed by atoms with Crippen molar-refractivity contribution in [3.63, 3.8) is 0 Å². The predicted octanol–water partition coefficient (Wildman–Crippen LogP) is 1.76. The van der Waals surface area contributed by atoms with E-state index in [1.807, 2.05) is 6.92 Å². The van der Waals surface area contributed by atoms with Crippen molar-refractivity contribution >= 4 is 17.8 Å². The lowest BCUT2D eigenvalue weighted by Crippen LogP contribution is -2.49. The summed E-state index contributed by atoms with van der Waals surface area (Å²) in [5, 5.41) is 18.1. The van der Waals surface area contributed by atoms with Gasteiger partial charge in [0.25, 0.3) is 0 Å². The second-order valence-electron chi connectivity index (χ2n) is 5.07. The van der Waals surface area contributed by atoms with Crippen LogP contribution in [0.2, 0.25) is 0 Å². The minimum absolute atomic E-state index is 0.112. The second-order valence-corrected chi connectivity index (χ2v) is 5.07. The first kappa shape index (κ1) is 18.1. The van der Waals surface area contributed by atoms with Crippen LogP contribution in [0.25, 0.3) is 0 Å². The molecule has 0 saturated heterocycles. The van der Waals surface area contributed by atoms with E-state index >= 15 is 0 Å². The van der Waals surface area contributed by atoms with E-state index in [2.05, 4.69) is 0 Å². The molecule has 2 N–H and O–H groups in total. The molecule has 0 saturated carbocycles. The molecule has 114 valence electrons. The van der Waals surface area contributed by atoms with Crippen molar-refractivity contribution < 1.29 is 24.6 Å². The number of allylic oxidation sites excluding steroid dienone is 1. The zero-order valence-corrected chi connectivity index (χ0v) is 12.4. The maximum absolute atomic E-state index is 12.1. The van der Waals surface area contributed by atoms with Crippen LogP contribution in [0, 0.1) is 5.92 Å². The van der Waals surface area contributed by atoms with E-state index in [0.29, 0.717) is 6.42 Å². The number of carbonyl (C=O) groups excluding carboxylic acids is 1. The number of amides is 1. The second kappa shape index (κ2) is 8.35. The van der Waals surface area contributed by atoms with Crippen molar-refractivity contribution in [1.29, 1.82) is 0 Å². The maximum atomic E-state index is 12.1. The molecular weight excluding hydrogens is 262 g/mol. The Morgan fingerprint density at radius 2 is 1.75 bits per heavy atom. The minimum atomic E-state index is -1.11. The fourth-order valence-corrected chi connectivity index (χ4v) is 1.84. The fourth-order valence-electron chi connectivity index (χ4n) is 1.84. The highest BCUT2D eigenvalue weighted by molar-refractivity contribution is 5.92. The zero-order valence-electron chi connectivity index (χ0n) is 12.4. The summed E-state index contributed by atoms with van der Waals surface area (Å²) in [4.78, 5) is 35.4. The van der Waals surface area contributed by atoms with Crippen LogP contribution in [0.4, 0.5) is 0 Å². The van der Waals surface area contributed by atoms with Crippen LogP contribution in [0.15, 0.2) is 11.6 Å². The summed E-state index contributed by atoms with van der Waals surface area (Å²) in [7, 11) is 0. The Morgan fingerprint density at radius 1 is 1.20 bits per heavy atom. The molecule has 6 nitrogen and oxygen atoms in total. The molecule has 0 aliphatic rings. The van der Waals surface area contributed by atoms with Crippen LogP contribution in [0.5, 0.6) is 0 Å². The number of hydrogen-bond donors (Lipinski definition) is 2. The zero-order chi connectivity index (χ0) is 15.9. The van der Waals surface area contributed by atoms with Crippen molar-refractivity contribution in [3.05, 3.63) is 11.6 Å². The third-order valence-corrected chi connectivity index (χ3v) is 3.03. The molecule has 2 atom stereocenters. The molecule has 0 radical (unpaired) electrons. The van der Waals surface area contributed by atoms with E-state index in [4.69, 9.17) is 5.11 Å². The third-order valence-electron chi connectivity index (χ3n) is 3.03. The summed E-state index contributed by atoms with van der Waals surface area (Å²) < 4.78 is 0. The topological polar surface area (TPSA) is 94.9 Å². The summed E-state index contributed by atoms with van der Waals surface area (Å²) in [5.74, 6) is -2.89. The molecule has 0 heterocycles. The van der Waals surface area contributed by atoms with Gasteiger partial charge in [0.15, 0.2) is 0 Å². The Hall–Kier alpha value is -1.85. The smallest absolute Gasteiger partial charge is 0.326 e. The summed E-state index contributed by atoms with van der Waals surface area (Å²) in [6.07, 6.45) is 1.64. The van der Waals surface area contributed by atoms with Crippen LogP contribution >= 0.6 is 0 Å². The van der Waals surface area contributed by atoms with Gasteiger partial charge in [0.05, 0.1) is 6.42 Å². The van der Waals surface area contributed by atoms with Gasteiger partial charge in [-0.15, -0.1) is 0 Å². The highest BCUT2D eigenvalue weighted by Gasteiger charge is 2.32. The van der Waals surface area contributed by atoms with Crippen molar-refractivity contribution in [2.45, 2.75) is 46.6 Å². The largest absolute Gasteiger partial charge is 0.481 e. The van der Waals surface area contributed by atoms with Crippen LogP contribution < -0.4 is 0 Å². The van der Waals surface area contributed by atoms with Gasteiger partial charge in [-0.05, 0) is 19.8 Å². The lowest BCUT2D eigenvalue weighted by molar-refractivity contribution is -0.152. The molecule has 0 aromatic heterocycles. The van der Waals surface area contributed by atoms with Crippen molar-refractivity contribution in [3.8, 4) is 0 Å². The highest BCUT2D eigenvalue weighted by Crippen LogP contribution is 2.17. The van der Waals surface area contributed by atoms with Gasteiger partial charge in [-0.3, -0.25) is 9.59 Å². The average molecular weight is 285 g/mol. The molecule has 0 aliphatic heterocycles. The number of carbonyl (C=O) groups is 3. The van der Waals surface area contributed by atoms with E-state index in [9.17, 15) is 19.5 Å². The lowest BCUT2D eigenvalue weighted by atomic mass is 9.97. The van der Waals surface area contributed by atoms with Crippen LogP contribution in [-0.4, -0.2) is 45.5 Å². The number of aliphatic carboxylic acids is 2. The maximum Gasteiger partial charge on any atom is 0.326 e. The molecule has 0 rings (SSSR count). The van der Waals surface area contributed by atoms with Gasteiger partial charge in [-0.25, -0.2) is 4.79 Å². The molecule has 0 aliphatic carbocycles. The molecule has 0 fully saturated rings. The summed E-state index contributed by atoms with van der Waals surface area (Å²) in [6, 6.07) is -1.01. The van der Waals surface area contributed by atoms with Crippen molar-refractivity contribution in [2.24, 2.45) is 5.92 Å². The number of carboxylic acids is 2. The summed E-state index contributed by atoms with van der Waals surface area (Å²) in [5.41, 5.74) is 0.739. The standard InChI is InChI=1S/C14H23NO5/c1-5-10(4)13(14(19)20)15(7-6-12(17)18)11(16)8-9(2)3/h8,10,13H,5-7H2,1-4H3,(H,17,18)(H,19,20). The van der Waals surface area contributed by atoms with Gasteiger partial charge < -0.3 is 15.1 Å². The van der Waals surface area contributed by atoms with Crippen molar-refractivity contribution in [2.75, 3.05) is 6.54 Å². The van der Waals surface area contributed by atoms with Crippen LogP contribution in [0.3, 0.4) is 0 Å². The Morgan fingerprint density at radius 3 is 2.10 bits per heavy atom. The number of carboxylic acid groups (broad SMARTS) is 2.